The molecule has 28 heavy (non-hydrogen) atoms. The molecule has 0 saturated carbocycles. The van der Waals surface area contributed by atoms with Gasteiger partial charge in [0.15, 0.2) is 0 Å². The molecule has 0 unspecified atom stereocenters. The lowest BCUT2D eigenvalue weighted by atomic mass is 10.1. The third-order valence-electron chi connectivity index (χ3n) is 6.13. The summed E-state index contributed by atoms with van der Waals surface area (Å²) in [6, 6.07) is 22.2. The minimum atomic E-state index is 0.931. The maximum atomic E-state index is 2.45. The minimum absolute atomic E-state index is 0.931. The molecule has 0 amide bonds. The Kier molecular flexibility index (Phi) is 3.33. The van der Waals surface area contributed by atoms with E-state index in [1.807, 2.05) is 0 Å². The third-order valence-corrected chi connectivity index (χ3v) is 6.13. The number of rotatable bonds is 4. The van der Waals surface area contributed by atoms with E-state index in [1.165, 1.54) is 56.6 Å². The second-order valence-electron chi connectivity index (χ2n) is 7.80. The van der Waals surface area contributed by atoms with Gasteiger partial charge in [-0.05, 0) is 24.6 Å². The van der Waals surface area contributed by atoms with E-state index in [4.69, 9.17) is 0 Å². The minimum Gasteiger partial charge on any atom is -0.358 e. The maximum Gasteiger partial charge on any atom is 0.0942 e. The van der Waals surface area contributed by atoms with Gasteiger partial charge in [0.25, 0.3) is 0 Å². The lowest BCUT2D eigenvalue weighted by Crippen LogP contribution is -2.25. The molecule has 0 spiro atoms. The van der Waals surface area contributed by atoms with Crippen molar-refractivity contribution in [3.63, 3.8) is 0 Å². The molecule has 0 fully saturated rings. The van der Waals surface area contributed by atoms with Crippen molar-refractivity contribution in [2.45, 2.75) is 19.8 Å². The summed E-state index contributed by atoms with van der Waals surface area (Å²) >= 11 is 0. The Balaban J connectivity index is 1.64. The van der Waals surface area contributed by atoms with Gasteiger partial charge in [-0.15, -0.1) is 0 Å². The van der Waals surface area contributed by atoms with Crippen LogP contribution in [0.4, 0.5) is 5.69 Å². The summed E-state index contributed by atoms with van der Waals surface area (Å²) in [7, 11) is 0. The topological polar surface area (TPSA) is 10.9 Å². The van der Waals surface area contributed by atoms with Gasteiger partial charge in [0.1, 0.15) is 0 Å². The number of benzene rings is 3. The lowest BCUT2D eigenvalue weighted by molar-refractivity contribution is 0.396. The van der Waals surface area contributed by atoms with Crippen molar-refractivity contribution in [3.05, 3.63) is 73.1 Å². The SMILES string of the molecule is CCCCN1C=CN(c2ccc3c4ccccc4n4c5ccccc5c2c34)C1. The lowest BCUT2D eigenvalue weighted by Gasteiger charge is -2.22. The second kappa shape index (κ2) is 5.90. The van der Waals surface area contributed by atoms with E-state index in [0.717, 1.165) is 13.2 Å². The van der Waals surface area contributed by atoms with Crippen LogP contribution in [0.3, 0.4) is 0 Å². The van der Waals surface area contributed by atoms with Crippen LogP contribution in [-0.2, 0) is 0 Å². The van der Waals surface area contributed by atoms with Crippen molar-refractivity contribution in [2.24, 2.45) is 0 Å². The van der Waals surface area contributed by atoms with Crippen LogP contribution in [0.15, 0.2) is 73.1 Å². The molecule has 0 aliphatic carbocycles. The predicted octanol–water partition coefficient (Wildman–Crippen LogP) is 6.19. The molecule has 0 atom stereocenters. The largest absolute Gasteiger partial charge is 0.358 e. The summed E-state index contributed by atoms with van der Waals surface area (Å²) in [5, 5.41) is 5.38. The zero-order valence-corrected chi connectivity index (χ0v) is 16.1. The Morgan fingerprint density at radius 1 is 0.786 bits per heavy atom. The summed E-state index contributed by atoms with van der Waals surface area (Å²) in [5.74, 6) is 0. The van der Waals surface area contributed by atoms with Gasteiger partial charge in [-0.25, -0.2) is 0 Å². The van der Waals surface area contributed by atoms with Crippen molar-refractivity contribution in [1.29, 1.82) is 0 Å². The quantitative estimate of drug-likeness (QED) is 0.376. The van der Waals surface area contributed by atoms with Crippen molar-refractivity contribution in [3.8, 4) is 0 Å². The number of hydrogen-bond donors (Lipinski definition) is 0. The van der Waals surface area contributed by atoms with Gasteiger partial charge < -0.3 is 14.2 Å². The number of nitrogens with zero attached hydrogens (tertiary/aromatic N) is 3. The highest BCUT2D eigenvalue weighted by Crippen LogP contribution is 2.43. The number of fused-ring (bicyclic) bond motifs is 6. The van der Waals surface area contributed by atoms with E-state index in [0.29, 0.717) is 0 Å². The van der Waals surface area contributed by atoms with Gasteiger partial charge in [0.05, 0.1) is 28.9 Å². The fourth-order valence-corrected chi connectivity index (χ4v) is 4.81. The Morgan fingerprint density at radius 3 is 2.36 bits per heavy atom. The smallest absolute Gasteiger partial charge is 0.0942 e. The molecule has 3 heteroatoms. The van der Waals surface area contributed by atoms with Gasteiger partial charge in [-0.2, -0.15) is 0 Å². The van der Waals surface area contributed by atoms with Crippen LogP contribution in [0.2, 0.25) is 0 Å². The molecule has 3 aromatic carbocycles. The average Bonchev–Trinajstić information content (AvgIpc) is 3.43. The molecule has 138 valence electrons. The van der Waals surface area contributed by atoms with Crippen molar-refractivity contribution in [1.82, 2.24) is 9.30 Å². The molecule has 2 aromatic heterocycles. The van der Waals surface area contributed by atoms with Gasteiger partial charge in [0.2, 0.25) is 0 Å². The first kappa shape index (κ1) is 15.8. The molecule has 0 radical (unpaired) electrons. The predicted molar refractivity (Wildman–Crippen MR) is 119 cm³/mol. The van der Waals surface area contributed by atoms with Crippen LogP contribution in [0.1, 0.15) is 19.8 Å². The fraction of sp³-hybridized carbons (Fsp3) is 0.200. The van der Waals surface area contributed by atoms with E-state index in [9.17, 15) is 0 Å². The van der Waals surface area contributed by atoms with Gasteiger partial charge in [-0.1, -0.05) is 55.8 Å². The molecular formula is C25H23N3. The standard InChI is InChI=1S/C25H23N3/c1-2-3-14-26-15-16-27(17-26)23-13-12-19-18-8-4-6-10-21(18)28-22-11-7-5-9-20(22)24(23)25(19)28/h4-13,15-16H,2-3,14,17H2,1H3. The average molecular weight is 365 g/mol. The highest BCUT2D eigenvalue weighted by atomic mass is 15.3. The molecular weight excluding hydrogens is 342 g/mol. The van der Waals surface area contributed by atoms with Gasteiger partial charge in [0, 0.05) is 40.5 Å². The molecule has 0 N–H and O–H groups in total. The van der Waals surface area contributed by atoms with Crippen LogP contribution < -0.4 is 4.90 Å². The number of unbranched alkanes of at least 4 members (excludes halogenated alkanes) is 1. The molecule has 5 aromatic rings. The number of hydrogen-bond acceptors (Lipinski definition) is 2. The van der Waals surface area contributed by atoms with Crippen LogP contribution in [0.25, 0.3) is 38.1 Å². The van der Waals surface area contributed by atoms with Crippen molar-refractivity contribution >= 4 is 43.8 Å². The molecule has 1 aliphatic rings. The highest BCUT2D eigenvalue weighted by molar-refractivity contribution is 6.26. The monoisotopic (exact) mass is 365 g/mol. The van der Waals surface area contributed by atoms with Crippen molar-refractivity contribution < 1.29 is 0 Å². The third kappa shape index (κ3) is 2.04. The normalized spacial score (nSPS) is 14.6. The summed E-state index contributed by atoms with van der Waals surface area (Å²) in [5.41, 5.74) is 5.24. The zero-order valence-electron chi connectivity index (χ0n) is 16.1. The Bertz CT molecular complexity index is 1340. The molecule has 3 heterocycles. The Labute approximate surface area is 164 Å². The van der Waals surface area contributed by atoms with E-state index in [-0.39, 0.29) is 0 Å². The van der Waals surface area contributed by atoms with Gasteiger partial charge in [-0.3, -0.25) is 0 Å². The van der Waals surface area contributed by atoms with Crippen LogP contribution in [0, 0.1) is 0 Å². The van der Waals surface area contributed by atoms with Crippen LogP contribution in [0.5, 0.6) is 0 Å². The van der Waals surface area contributed by atoms with Crippen molar-refractivity contribution in [2.75, 3.05) is 18.1 Å². The summed E-state index contributed by atoms with van der Waals surface area (Å²) < 4.78 is 2.45. The fourth-order valence-electron chi connectivity index (χ4n) is 4.81. The first-order chi connectivity index (χ1) is 13.9. The Morgan fingerprint density at radius 2 is 1.54 bits per heavy atom. The maximum absolute atomic E-state index is 2.45. The summed E-state index contributed by atoms with van der Waals surface area (Å²) in [6.45, 7) is 4.31. The summed E-state index contributed by atoms with van der Waals surface area (Å²) in [4.78, 5) is 4.81. The molecule has 1 aliphatic heterocycles. The molecule has 6 rings (SSSR count). The highest BCUT2D eigenvalue weighted by Gasteiger charge is 2.23. The number of aromatic nitrogens is 1. The first-order valence-corrected chi connectivity index (χ1v) is 10.2. The van der Waals surface area contributed by atoms with E-state index in [2.05, 4.69) is 94.2 Å². The molecule has 0 saturated heterocycles. The number of para-hydroxylation sites is 2. The second-order valence-corrected chi connectivity index (χ2v) is 7.80. The van der Waals surface area contributed by atoms with E-state index in [1.54, 1.807) is 0 Å². The van der Waals surface area contributed by atoms with E-state index < -0.39 is 0 Å². The Hall–Kier alpha value is -3.20. The molecule has 0 bridgehead atoms. The zero-order chi connectivity index (χ0) is 18.7. The van der Waals surface area contributed by atoms with E-state index >= 15 is 0 Å². The number of anilines is 1. The van der Waals surface area contributed by atoms with Crippen LogP contribution in [-0.4, -0.2) is 22.5 Å². The summed E-state index contributed by atoms with van der Waals surface area (Å²) in [6.07, 6.45) is 6.94. The molecule has 3 nitrogen and oxygen atoms in total. The first-order valence-electron chi connectivity index (χ1n) is 10.2. The van der Waals surface area contributed by atoms with Crippen LogP contribution >= 0.6 is 0 Å². The van der Waals surface area contributed by atoms with Gasteiger partial charge >= 0.3 is 0 Å².